The topological polar surface area (TPSA) is 71.7 Å². The van der Waals surface area contributed by atoms with Gasteiger partial charge in [-0.25, -0.2) is 4.39 Å². The molecule has 0 aliphatic carbocycles. The molecule has 6 heteroatoms. The van der Waals surface area contributed by atoms with E-state index in [1.54, 1.807) is 12.1 Å². The number of aliphatic hydroxyl groups is 1. The molecule has 1 atom stereocenters. The van der Waals surface area contributed by atoms with Gasteiger partial charge in [-0.05, 0) is 25.1 Å². The highest BCUT2D eigenvalue weighted by Gasteiger charge is 2.18. The average molecular weight is 293 g/mol. The van der Waals surface area contributed by atoms with E-state index in [1.165, 1.54) is 31.4 Å². The lowest BCUT2D eigenvalue weighted by Crippen LogP contribution is -2.36. The van der Waals surface area contributed by atoms with E-state index < -0.39 is 17.8 Å². The second kappa shape index (κ2) is 6.90. The SMILES string of the molecule is CC(Oc1c(F)cccc1CO)C(=O)NCc1ccco1. The van der Waals surface area contributed by atoms with Crippen molar-refractivity contribution in [1.29, 1.82) is 0 Å². The van der Waals surface area contributed by atoms with Gasteiger partial charge in [0.2, 0.25) is 0 Å². The molecule has 5 nitrogen and oxygen atoms in total. The van der Waals surface area contributed by atoms with E-state index in [9.17, 15) is 9.18 Å². The van der Waals surface area contributed by atoms with Gasteiger partial charge in [0.15, 0.2) is 17.7 Å². The van der Waals surface area contributed by atoms with Crippen molar-refractivity contribution < 1.29 is 23.4 Å². The number of rotatable bonds is 6. The molecule has 2 N–H and O–H groups in total. The normalized spacial score (nSPS) is 12.0. The van der Waals surface area contributed by atoms with Crippen molar-refractivity contribution in [2.24, 2.45) is 0 Å². The summed E-state index contributed by atoms with van der Waals surface area (Å²) >= 11 is 0. The number of aliphatic hydroxyl groups excluding tert-OH is 1. The number of halogens is 1. The predicted molar refractivity (Wildman–Crippen MR) is 73.0 cm³/mol. The summed E-state index contributed by atoms with van der Waals surface area (Å²) in [7, 11) is 0. The van der Waals surface area contributed by atoms with Gasteiger partial charge in [0, 0.05) is 5.56 Å². The van der Waals surface area contributed by atoms with Crippen LogP contribution >= 0.6 is 0 Å². The first kappa shape index (κ1) is 15.1. The Morgan fingerprint density at radius 1 is 1.43 bits per heavy atom. The smallest absolute Gasteiger partial charge is 0.261 e. The van der Waals surface area contributed by atoms with Crippen LogP contribution in [0.1, 0.15) is 18.2 Å². The van der Waals surface area contributed by atoms with E-state index in [0.717, 1.165) is 0 Å². The third-order valence-electron chi connectivity index (χ3n) is 2.90. The summed E-state index contributed by atoms with van der Waals surface area (Å²) in [5.41, 5.74) is 0.292. The van der Waals surface area contributed by atoms with Gasteiger partial charge in [0.25, 0.3) is 5.91 Å². The van der Waals surface area contributed by atoms with Crippen molar-refractivity contribution in [3.63, 3.8) is 0 Å². The number of ether oxygens (including phenoxy) is 1. The fourth-order valence-electron chi connectivity index (χ4n) is 1.77. The van der Waals surface area contributed by atoms with E-state index in [4.69, 9.17) is 14.3 Å². The van der Waals surface area contributed by atoms with Crippen LogP contribution in [-0.4, -0.2) is 17.1 Å². The maximum absolute atomic E-state index is 13.7. The van der Waals surface area contributed by atoms with Crippen LogP contribution < -0.4 is 10.1 Å². The molecule has 0 saturated heterocycles. The van der Waals surface area contributed by atoms with Gasteiger partial charge < -0.3 is 19.6 Å². The molecule has 0 radical (unpaired) electrons. The van der Waals surface area contributed by atoms with Crippen LogP contribution in [0.15, 0.2) is 41.0 Å². The van der Waals surface area contributed by atoms with Crippen LogP contribution in [0.4, 0.5) is 4.39 Å². The first-order valence-corrected chi connectivity index (χ1v) is 6.47. The van der Waals surface area contributed by atoms with Crippen molar-refractivity contribution in [1.82, 2.24) is 5.32 Å². The maximum atomic E-state index is 13.7. The Morgan fingerprint density at radius 3 is 2.90 bits per heavy atom. The van der Waals surface area contributed by atoms with Gasteiger partial charge >= 0.3 is 0 Å². The predicted octanol–water partition coefficient (Wildman–Crippen LogP) is 1.99. The first-order valence-electron chi connectivity index (χ1n) is 6.47. The van der Waals surface area contributed by atoms with Crippen LogP contribution in [0.5, 0.6) is 5.75 Å². The van der Waals surface area contributed by atoms with E-state index in [0.29, 0.717) is 11.3 Å². The molecule has 2 aromatic rings. The maximum Gasteiger partial charge on any atom is 0.261 e. The number of para-hydroxylation sites is 1. The number of amides is 1. The molecule has 2 rings (SSSR count). The molecule has 0 aliphatic heterocycles. The number of benzene rings is 1. The zero-order valence-corrected chi connectivity index (χ0v) is 11.5. The minimum Gasteiger partial charge on any atom is -0.477 e. The summed E-state index contributed by atoms with van der Waals surface area (Å²) in [6.07, 6.45) is 0.607. The van der Waals surface area contributed by atoms with Crippen molar-refractivity contribution in [3.8, 4) is 5.75 Å². The lowest BCUT2D eigenvalue weighted by Gasteiger charge is -2.16. The van der Waals surface area contributed by atoms with E-state index >= 15 is 0 Å². The van der Waals surface area contributed by atoms with Crippen LogP contribution in [0.2, 0.25) is 0 Å². The van der Waals surface area contributed by atoms with Crippen molar-refractivity contribution in [2.75, 3.05) is 0 Å². The van der Waals surface area contributed by atoms with Gasteiger partial charge in [-0.15, -0.1) is 0 Å². The number of furan rings is 1. The van der Waals surface area contributed by atoms with Crippen LogP contribution in [0.25, 0.3) is 0 Å². The molecule has 1 heterocycles. The van der Waals surface area contributed by atoms with Crippen molar-refractivity contribution in [3.05, 3.63) is 53.7 Å². The summed E-state index contributed by atoms with van der Waals surface area (Å²) < 4.78 is 24.1. The lowest BCUT2D eigenvalue weighted by molar-refractivity contribution is -0.127. The summed E-state index contributed by atoms with van der Waals surface area (Å²) in [4.78, 5) is 11.9. The highest BCUT2D eigenvalue weighted by molar-refractivity contribution is 5.80. The number of nitrogens with one attached hydrogen (secondary N) is 1. The van der Waals surface area contributed by atoms with E-state index in [1.807, 2.05) is 0 Å². The molecular weight excluding hydrogens is 277 g/mol. The van der Waals surface area contributed by atoms with Gasteiger partial charge in [0.05, 0.1) is 19.4 Å². The summed E-state index contributed by atoms with van der Waals surface area (Å²) in [6, 6.07) is 7.66. The van der Waals surface area contributed by atoms with Gasteiger partial charge in [0.1, 0.15) is 5.76 Å². The quantitative estimate of drug-likeness (QED) is 0.854. The minimum atomic E-state index is -0.901. The fourth-order valence-corrected chi connectivity index (χ4v) is 1.77. The number of hydrogen-bond donors (Lipinski definition) is 2. The Hall–Kier alpha value is -2.34. The Balaban J connectivity index is 1.97. The molecule has 112 valence electrons. The van der Waals surface area contributed by atoms with E-state index in [2.05, 4.69) is 5.32 Å². The molecule has 0 aliphatic rings. The molecule has 1 amide bonds. The fraction of sp³-hybridized carbons (Fsp3) is 0.267. The van der Waals surface area contributed by atoms with Crippen LogP contribution in [0.3, 0.4) is 0 Å². The Labute approximate surface area is 121 Å². The molecular formula is C15H16FNO4. The highest BCUT2D eigenvalue weighted by Crippen LogP contribution is 2.23. The third kappa shape index (κ3) is 3.82. The molecule has 1 aromatic heterocycles. The Kier molecular flexibility index (Phi) is 4.94. The largest absolute Gasteiger partial charge is 0.477 e. The van der Waals surface area contributed by atoms with Crippen molar-refractivity contribution >= 4 is 5.91 Å². The molecule has 1 aromatic carbocycles. The monoisotopic (exact) mass is 293 g/mol. The van der Waals surface area contributed by atoms with E-state index in [-0.39, 0.29) is 18.9 Å². The number of carbonyl (C=O) groups is 1. The first-order chi connectivity index (χ1) is 10.1. The van der Waals surface area contributed by atoms with Crippen LogP contribution in [0, 0.1) is 5.82 Å². The summed E-state index contributed by atoms with van der Waals surface area (Å²) in [5.74, 6) is -0.524. The van der Waals surface area contributed by atoms with Gasteiger partial charge in [-0.2, -0.15) is 0 Å². The molecule has 21 heavy (non-hydrogen) atoms. The lowest BCUT2D eigenvalue weighted by atomic mass is 10.2. The van der Waals surface area contributed by atoms with Gasteiger partial charge in [-0.1, -0.05) is 12.1 Å². The molecule has 1 unspecified atom stereocenters. The Morgan fingerprint density at radius 2 is 2.24 bits per heavy atom. The summed E-state index contributed by atoms with van der Waals surface area (Å²) in [6.45, 7) is 1.36. The Bertz CT molecular complexity index is 598. The highest BCUT2D eigenvalue weighted by atomic mass is 19.1. The molecule has 0 fully saturated rings. The average Bonchev–Trinajstić information content (AvgIpc) is 3.00. The molecule has 0 bridgehead atoms. The molecule has 0 spiro atoms. The van der Waals surface area contributed by atoms with Crippen LogP contribution in [-0.2, 0) is 17.9 Å². The molecule has 0 saturated carbocycles. The number of carbonyl (C=O) groups excluding carboxylic acids is 1. The zero-order valence-electron chi connectivity index (χ0n) is 11.5. The minimum absolute atomic E-state index is 0.111. The zero-order chi connectivity index (χ0) is 15.2. The standard InChI is InChI=1S/C15H16FNO4/c1-10(15(19)17-8-12-5-3-7-20-12)21-14-11(9-18)4-2-6-13(14)16/h2-7,10,18H,8-9H2,1H3,(H,17,19). The van der Waals surface area contributed by atoms with Gasteiger partial charge in [-0.3, -0.25) is 4.79 Å². The summed E-state index contributed by atoms with van der Waals surface area (Å²) in [5, 5.41) is 11.8. The third-order valence-corrected chi connectivity index (χ3v) is 2.90. The number of hydrogen-bond acceptors (Lipinski definition) is 4. The second-order valence-corrected chi connectivity index (χ2v) is 4.44. The second-order valence-electron chi connectivity index (χ2n) is 4.44. The van der Waals surface area contributed by atoms with Crippen molar-refractivity contribution in [2.45, 2.75) is 26.2 Å².